The number of anilines is 2. The number of nitrogens with one attached hydrogen (secondary N) is 1. The molecule has 6 heteroatoms. The summed E-state index contributed by atoms with van der Waals surface area (Å²) < 4.78 is 0. The first-order valence-electron chi connectivity index (χ1n) is 9.82. The molecule has 1 saturated heterocycles. The Kier molecular flexibility index (Phi) is 5.53. The summed E-state index contributed by atoms with van der Waals surface area (Å²) in [5.74, 6) is 0.256. The van der Waals surface area contributed by atoms with E-state index in [1.165, 1.54) is 0 Å². The third kappa shape index (κ3) is 4.14. The van der Waals surface area contributed by atoms with E-state index in [1.54, 1.807) is 4.90 Å². The zero-order valence-corrected chi connectivity index (χ0v) is 16.5. The molecule has 28 heavy (non-hydrogen) atoms. The van der Waals surface area contributed by atoms with Gasteiger partial charge in [0.05, 0.1) is 0 Å². The normalized spacial score (nSPS) is 17.4. The number of halogens is 1. The molecule has 0 unspecified atom stereocenters. The first-order valence-corrected chi connectivity index (χ1v) is 10.2. The van der Waals surface area contributed by atoms with Crippen molar-refractivity contribution in [2.24, 2.45) is 5.92 Å². The number of hydrogen-bond donors (Lipinski definition) is 1. The number of amides is 3. The predicted octanol–water partition coefficient (Wildman–Crippen LogP) is 4.91. The van der Waals surface area contributed by atoms with Gasteiger partial charge in [-0.3, -0.25) is 9.69 Å². The average Bonchev–Trinajstić information content (AvgIpc) is 2.64. The highest BCUT2D eigenvalue weighted by Gasteiger charge is 2.27. The highest BCUT2D eigenvalue weighted by atomic mass is 35.5. The second kappa shape index (κ2) is 8.23. The SMILES string of the molecule is O=C(Nc1ccc(N2CCCN(Cc3ccc(Cl)cc3)C2=O)cc1)C1CCC1. The van der Waals surface area contributed by atoms with Crippen molar-refractivity contribution >= 4 is 34.9 Å². The van der Waals surface area contributed by atoms with E-state index >= 15 is 0 Å². The maximum absolute atomic E-state index is 13.0. The lowest BCUT2D eigenvalue weighted by molar-refractivity contribution is -0.122. The molecule has 1 heterocycles. The quantitative estimate of drug-likeness (QED) is 0.779. The van der Waals surface area contributed by atoms with E-state index in [2.05, 4.69) is 5.32 Å². The standard InChI is InChI=1S/C22H24ClN3O2/c23-18-7-5-16(6-8-18)15-25-13-2-14-26(22(25)28)20-11-9-19(10-12-20)24-21(27)17-3-1-4-17/h5-12,17H,1-4,13-15H2,(H,24,27). The second-order valence-electron chi connectivity index (χ2n) is 7.50. The Labute approximate surface area is 170 Å². The molecule has 1 saturated carbocycles. The van der Waals surface area contributed by atoms with Crippen LogP contribution in [0.1, 0.15) is 31.2 Å². The summed E-state index contributed by atoms with van der Waals surface area (Å²) in [5, 5.41) is 3.66. The molecule has 5 nitrogen and oxygen atoms in total. The van der Waals surface area contributed by atoms with Gasteiger partial charge < -0.3 is 10.2 Å². The Morgan fingerprint density at radius 3 is 2.36 bits per heavy atom. The molecule has 2 aromatic carbocycles. The molecule has 0 aromatic heterocycles. The average molecular weight is 398 g/mol. The molecule has 0 radical (unpaired) electrons. The smallest absolute Gasteiger partial charge is 0.324 e. The highest BCUT2D eigenvalue weighted by Crippen LogP contribution is 2.28. The molecule has 0 bridgehead atoms. The van der Waals surface area contributed by atoms with Gasteiger partial charge in [-0.25, -0.2) is 4.79 Å². The molecule has 2 fully saturated rings. The largest absolute Gasteiger partial charge is 0.326 e. The zero-order chi connectivity index (χ0) is 19.5. The van der Waals surface area contributed by atoms with Gasteiger partial charge in [0.15, 0.2) is 0 Å². The topological polar surface area (TPSA) is 52.7 Å². The molecule has 1 aliphatic heterocycles. The fourth-order valence-electron chi connectivity index (χ4n) is 3.62. The van der Waals surface area contributed by atoms with E-state index in [-0.39, 0.29) is 17.9 Å². The van der Waals surface area contributed by atoms with E-state index in [0.29, 0.717) is 18.1 Å². The number of hydrogen-bond acceptors (Lipinski definition) is 2. The molecule has 0 atom stereocenters. The predicted molar refractivity (Wildman–Crippen MR) is 112 cm³/mol. The van der Waals surface area contributed by atoms with Crippen LogP contribution in [0.25, 0.3) is 0 Å². The van der Waals surface area contributed by atoms with Crippen LogP contribution in [0.2, 0.25) is 5.02 Å². The summed E-state index contributed by atoms with van der Waals surface area (Å²) in [6, 6.07) is 15.2. The molecular formula is C22H24ClN3O2. The van der Waals surface area contributed by atoms with Gasteiger partial charge in [-0.2, -0.15) is 0 Å². The third-order valence-electron chi connectivity index (χ3n) is 5.52. The van der Waals surface area contributed by atoms with Gasteiger partial charge >= 0.3 is 6.03 Å². The second-order valence-corrected chi connectivity index (χ2v) is 7.94. The van der Waals surface area contributed by atoms with Crippen molar-refractivity contribution in [2.45, 2.75) is 32.2 Å². The molecule has 4 rings (SSSR count). The third-order valence-corrected chi connectivity index (χ3v) is 5.77. The minimum atomic E-state index is 0.00690. The first kappa shape index (κ1) is 18.8. The summed E-state index contributed by atoms with van der Waals surface area (Å²) >= 11 is 5.94. The monoisotopic (exact) mass is 397 g/mol. The van der Waals surface area contributed by atoms with Gasteiger partial charge in [-0.1, -0.05) is 30.2 Å². The van der Waals surface area contributed by atoms with E-state index in [4.69, 9.17) is 11.6 Å². The summed E-state index contributed by atoms with van der Waals surface area (Å²) in [6.45, 7) is 2.01. The van der Waals surface area contributed by atoms with Gasteiger partial charge in [-0.05, 0) is 61.2 Å². The van der Waals surface area contributed by atoms with Crippen molar-refractivity contribution in [3.8, 4) is 0 Å². The van der Waals surface area contributed by atoms with Gasteiger partial charge in [0.1, 0.15) is 0 Å². The van der Waals surface area contributed by atoms with Crippen LogP contribution in [-0.2, 0) is 11.3 Å². The molecule has 2 aromatic rings. The Bertz CT molecular complexity index is 847. The van der Waals surface area contributed by atoms with Crippen molar-refractivity contribution in [1.82, 2.24) is 4.90 Å². The molecular weight excluding hydrogens is 374 g/mol. The number of carbonyl (C=O) groups is 2. The molecule has 1 aliphatic carbocycles. The lowest BCUT2D eigenvalue weighted by atomic mass is 9.85. The van der Waals surface area contributed by atoms with Crippen LogP contribution in [0, 0.1) is 5.92 Å². The van der Waals surface area contributed by atoms with Crippen LogP contribution in [0.3, 0.4) is 0 Å². The van der Waals surface area contributed by atoms with Crippen LogP contribution in [0.15, 0.2) is 48.5 Å². The lowest BCUT2D eigenvalue weighted by Crippen LogP contribution is -2.49. The van der Waals surface area contributed by atoms with E-state index in [0.717, 1.165) is 49.2 Å². The molecule has 2 aliphatic rings. The fraction of sp³-hybridized carbons (Fsp3) is 0.364. The number of nitrogens with zero attached hydrogens (tertiary/aromatic N) is 2. The number of benzene rings is 2. The van der Waals surface area contributed by atoms with Gasteiger partial charge in [0, 0.05) is 41.9 Å². The van der Waals surface area contributed by atoms with Gasteiger partial charge in [0.25, 0.3) is 0 Å². The highest BCUT2D eigenvalue weighted by molar-refractivity contribution is 6.30. The van der Waals surface area contributed by atoms with Gasteiger partial charge in [-0.15, -0.1) is 0 Å². The van der Waals surface area contributed by atoms with E-state index in [9.17, 15) is 9.59 Å². The Hall–Kier alpha value is -2.53. The van der Waals surface area contributed by atoms with Crippen LogP contribution >= 0.6 is 11.6 Å². The zero-order valence-electron chi connectivity index (χ0n) is 15.7. The maximum atomic E-state index is 13.0. The van der Waals surface area contributed by atoms with Crippen LogP contribution < -0.4 is 10.2 Å². The van der Waals surface area contributed by atoms with E-state index < -0.39 is 0 Å². The van der Waals surface area contributed by atoms with Gasteiger partial charge in [0.2, 0.25) is 5.91 Å². The number of carbonyl (C=O) groups excluding carboxylic acids is 2. The molecule has 3 amide bonds. The number of urea groups is 1. The Balaban J connectivity index is 1.40. The summed E-state index contributed by atoms with van der Waals surface area (Å²) in [5.41, 5.74) is 2.70. The maximum Gasteiger partial charge on any atom is 0.324 e. The first-order chi connectivity index (χ1) is 13.6. The Morgan fingerprint density at radius 1 is 1.00 bits per heavy atom. The van der Waals surface area contributed by atoms with Crippen LogP contribution in [0.5, 0.6) is 0 Å². The van der Waals surface area contributed by atoms with Crippen molar-refractivity contribution < 1.29 is 9.59 Å². The van der Waals surface area contributed by atoms with Crippen molar-refractivity contribution in [2.75, 3.05) is 23.3 Å². The summed E-state index contributed by atoms with van der Waals surface area (Å²) in [4.78, 5) is 28.7. The van der Waals surface area contributed by atoms with Crippen LogP contribution in [0.4, 0.5) is 16.2 Å². The molecule has 1 N–H and O–H groups in total. The number of rotatable bonds is 5. The Morgan fingerprint density at radius 2 is 1.71 bits per heavy atom. The van der Waals surface area contributed by atoms with Crippen molar-refractivity contribution in [3.05, 3.63) is 59.1 Å². The summed E-state index contributed by atoms with van der Waals surface area (Å²) in [7, 11) is 0. The minimum absolute atomic E-state index is 0.00690. The van der Waals surface area contributed by atoms with Crippen molar-refractivity contribution in [1.29, 1.82) is 0 Å². The molecule has 0 spiro atoms. The van der Waals surface area contributed by atoms with E-state index in [1.807, 2.05) is 53.4 Å². The molecule has 146 valence electrons. The lowest BCUT2D eigenvalue weighted by Gasteiger charge is -2.35. The van der Waals surface area contributed by atoms with Crippen molar-refractivity contribution in [3.63, 3.8) is 0 Å². The van der Waals surface area contributed by atoms with Crippen LogP contribution in [-0.4, -0.2) is 29.9 Å². The summed E-state index contributed by atoms with van der Waals surface area (Å²) in [6.07, 6.45) is 4.02. The fourth-order valence-corrected chi connectivity index (χ4v) is 3.74. The minimum Gasteiger partial charge on any atom is -0.326 e.